The van der Waals surface area contributed by atoms with E-state index in [2.05, 4.69) is 14.7 Å². The van der Waals surface area contributed by atoms with Gasteiger partial charge in [-0.1, -0.05) is 0 Å². The van der Waals surface area contributed by atoms with Gasteiger partial charge in [0.15, 0.2) is 5.69 Å². The number of benzene rings is 1. The Balaban J connectivity index is 2.46. The Bertz CT molecular complexity index is 686. The van der Waals surface area contributed by atoms with Gasteiger partial charge < -0.3 is 14.2 Å². The van der Waals surface area contributed by atoms with Gasteiger partial charge in [0.1, 0.15) is 11.5 Å². The maximum Gasteiger partial charge on any atom is 0.358 e. The van der Waals surface area contributed by atoms with Crippen LogP contribution in [0, 0.1) is 0 Å². The van der Waals surface area contributed by atoms with Gasteiger partial charge in [-0.3, -0.25) is 4.98 Å². The van der Waals surface area contributed by atoms with Gasteiger partial charge in [-0.15, -0.1) is 0 Å². The first-order valence-corrected chi connectivity index (χ1v) is 7.39. The maximum absolute atomic E-state index is 11.6. The van der Waals surface area contributed by atoms with Gasteiger partial charge in [0, 0.05) is 11.6 Å². The summed E-state index contributed by atoms with van der Waals surface area (Å²) in [6.07, 6.45) is 2.93. The van der Waals surface area contributed by atoms with Crippen LogP contribution in [0.3, 0.4) is 0 Å². The van der Waals surface area contributed by atoms with Crippen LogP contribution >= 0.6 is 0 Å². The molecule has 0 N–H and O–H groups in total. The predicted molar refractivity (Wildman–Crippen MR) is 85.7 cm³/mol. The van der Waals surface area contributed by atoms with E-state index in [0.717, 1.165) is 5.56 Å². The number of carbonyl (C=O) groups is 1. The summed E-state index contributed by atoms with van der Waals surface area (Å²) in [7, 11) is 1.31. The minimum Gasteiger partial charge on any atom is -0.494 e. The van der Waals surface area contributed by atoms with Crippen LogP contribution in [0.4, 0.5) is 0 Å². The number of hydrogen-bond acceptors (Lipinski definition) is 6. The average Bonchev–Trinajstić information content (AvgIpc) is 2.54. The lowest BCUT2D eigenvalue weighted by Crippen LogP contribution is -2.08. The lowest BCUT2D eigenvalue weighted by Gasteiger charge is -2.15. The van der Waals surface area contributed by atoms with Crippen LogP contribution in [0.1, 0.15) is 31.3 Å². The lowest BCUT2D eigenvalue weighted by molar-refractivity contribution is 0.0593. The molecule has 0 fully saturated rings. The molecule has 0 unspecified atom stereocenters. The summed E-state index contributed by atoms with van der Waals surface area (Å²) in [5.74, 6) is 0.808. The molecule has 0 aliphatic heterocycles. The minimum atomic E-state index is -0.531. The van der Waals surface area contributed by atoms with Gasteiger partial charge in [0.05, 0.1) is 37.9 Å². The molecule has 6 heteroatoms. The van der Waals surface area contributed by atoms with Crippen molar-refractivity contribution in [1.82, 2.24) is 9.97 Å². The Hall–Kier alpha value is -2.63. The van der Waals surface area contributed by atoms with E-state index < -0.39 is 5.97 Å². The summed E-state index contributed by atoms with van der Waals surface area (Å²) in [5.41, 5.74) is 1.42. The van der Waals surface area contributed by atoms with Crippen LogP contribution in [0.15, 0.2) is 30.6 Å². The predicted octanol–water partition coefficient (Wildman–Crippen LogP) is 3.12. The van der Waals surface area contributed by atoms with Gasteiger partial charge in [0.25, 0.3) is 0 Å². The molecule has 2 rings (SSSR count). The fourth-order valence-corrected chi connectivity index (χ4v) is 2.02. The topological polar surface area (TPSA) is 70.5 Å². The van der Waals surface area contributed by atoms with Crippen LogP contribution in [-0.2, 0) is 4.74 Å². The Morgan fingerprint density at radius 2 is 2.04 bits per heavy atom. The third-order valence-electron chi connectivity index (χ3n) is 2.93. The molecule has 122 valence electrons. The van der Waals surface area contributed by atoms with E-state index in [0.29, 0.717) is 23.8 Å². The fourth-order valence-electron chi connectivity index (χ4n) is 2.02. The van der Waals surface area contributed by atoms with Crippen molar-refractivity contribution in [2.75, 3.05) is 13.7 Å². The zero-order valence-electron chi connectivity index (χ0n) is 13.7. The van der Waals surface area contributed by atoms with Crippen LogP contribution in [0.2, 0.25) is 0 Å². The van der Waals surface area contributed by atoms with Crippen molar-refractivity contribution in [3.05, 3.63) is 36.3 Å². The molecule has 1 aromatic heterocycles. The molecule has 0 aliphatic carbocycles. The second-order valence-corrected chi connectivity index (χ2v) is 5.04. The minimum absolute atomic E-state index is 0.0117. The largest absolute Gasteiger partial charge is 0.494 e. The number of hydrogen-bond donors (Lipinski definition) is 0. The zero-order chi connectivity index (χ0) is 16.8. The van der Waals surface area contributed by atoms with Gasteiger partial charge in [-0.25, -0.2) is 9.78 Å². The molecular weight excluding hydrogens is 296 g/mol. The highest BCUT2D eigenvalue weighted by Crippen LogP contribution is 2.33. The monoisotopic (exact) mass is 316 g/mol. The summed E-state index contributed by atoms with van der Waals surface area (Å²) in [5, 5.41) is 0. The standard InChI is InChI=1S/C17H20N2O4/c1-5-22-12-6-7-13(16(8-12)23-11(2)3)14-9-18-10-15(19-14)17(20)21-4/h6-11H,5H2,1-4H3. The van der Waals surface area contributed by atoms with Crippen molar-refractivity contribution in [2.45, 2.75) is 26.9 Å². The fraction of sp³-hybridized carbons (Fsp3) is 0.353. The second-order valence-electron chi connectivity index (χ2n) is 5.04. The normalized spacial score (nSPS) is 10.5. The third-order valence-corrected chi connectivity index (χ3v) is 2.93. The second kappa shape index (κ2) is 7.58. The van der Waals surface area contributed by atoms with Gasteiger partial charge in [-0.05, 0) is 32.9 Å². The first kappa shape index (κ1) is 16.7. The molecule has 0 saturated heterocycles. The lowest BCUT2D eigenvalue weighted by atomic mass is 10.1. The van der Waals surface area contributed by atoms with Gasteiger partial charge in [0.2, 0.25) is 0 Å². The van der Waals surface area contributed by atoms with Crippen molar-refractivity contribution in [2.24, 2.45) is 0 Å². The number of methoxy groups -OCH3 is 1. The SMILES string of the molecule is CCOc1ccc(-c2cncc(C(=O)OC)n2)c(OC(C)C)c1. The molecule has 1 heterocycles. The summed E-state index contributed by atoms with van der Waals surface area (Å²) in [6.45, 7) is 6.36. The van der Waals surface area contributed by atoms with Crippen molar-refractivity contribution in [3.8, 4) is 22.8 Å². The van der Waals surface area contributed by atoms with Crippen LogP contribution in [0.5, 0.6) is 11.5 Å². The maximum atomic E-state index is 11.6. The number of nitrogens with zero attached hydrogens (tertiary/aromatic N) is 2. The zero-order valence-corrected chi connectivity index (χ0v) is 13.7. The number of rotatable bonds is 6. The van der Waals surface area contributed by atoms with Gasteiger partial charge in [-0.2, -0.15) is 0 Å². The molecule has 0 saturated carbocycles. The summed E-state index contributed by atoms with van der Waals surface area (Å²) in [6, 6.07) is 5.48. The molecular formula is C17H20N2O4. The van der Waals surface area contributed by atoms with E-state index >= 15 is 0 Å². The van der Waals surface area contributed by atoms with E-state index in [4.69, 9.17) is 9.47 Å². The number of esters is 1. The average molecular weight is 316 g/mol. The Labute approximate surface area is 135 Å². The Morgan fingerprint density at radius 3 is 2.70 bits per heavy atom. The van der Waals surface area contributed by atoms with Crippen molar-refractivity contribution < 1.29 is 19.0 Å². The van der Waals surface area contributed by atoms with Crippen molar-refractivity contribution in [1.29, 1.82) is 0 Å². The van der Waals surface area contributed by atoms with Crippen molar-refractivity contribution in [3.63, 3.8) is 0 Å². The van der Waals surface area contributed by atoms with Crippen LogP contribution in [0.25, 0.3) is 11.3 Å². The van der Waals surface area contributed by atoms with E-state index in [1.54, 1.807) is 6.20 Å². The molecule has 0 atom stereocenters. The van der Waals surface area contributed by atoms with Gasteiger partial charge >= 0.3 is 5.97 Å². The smallest absolute Gasteiger partial charge is 0.358 e. The molecule has 2 aromatic rings. The molecule has 0 bridgehead atoms. The van der Waals surface area contributed by atoms with Crippen LogP contribution < -0.4 is 9.47 Å². The molecule has 6 nitrogen and oxygen atoms in total. The van der Waals surface area contributed by atoms with Crippen molar-refractivity contribution >= 4 is 5.97 Å². The molecule has 0 radical (unpaired) electrons. The molecule has 0 amide bonds. The third kappa shape index (κ3) is 4.18. The highest BCUT2D eigenvalue weighted by Gasteiger charge is 2.14. The highest BCUT2D eigenvalue weighted by atomic mass is 16.5. The van der Waals surface area contributed by atoms with E-state index in [1.807, 2.05) is 39.0 Å². The Kier molecular flexibility index (Phi) is 5.51. The van der Waals surface area contributed by atoms with E-state index in [9.17, 15) is 4.79 Å². The van der Waals surface area contributed by atoms with E-state index in [-0.39, 0.29) is 11.8 Å². The molecule has 1 aromatic carbocycles. The molecule has 23 heavy (non-hydrogen) atoms. The highest BCUT2D eigenvalue weighted by molar-refractivity contribution is 5.87. The Morgan fingerprint density at radius 1 is 1.26 bits per heavy atom. The first-order chi connectivity index (χ1) is 11.0. The van der Waals surface area contributed by atoms with E-state index in [1.165, 1.54) is 13.3 Å². The number of ether oxygens (including phenoxy) is 3. The summed E-state index contributed by atoms with van der Waals surface area (Å²) >= 11 is 0. The van der Waals surface area contributed by atoms with Crippen LogP contribution in [-0.4, -0.2) is 35.8 Å². The quantitative estimate of drug-likeness (QED) is 0.763. The summed E-state index contributed by atoms with van der Waals surface area (Å²) < 4.78 is 16.0. The summed E-state index contributed by atoms with van der Waals surface area (Å²) in [4.78, 5) is 20.0. The molecule has 0 aliphatic rings. The first-order valence-electron chi connectivity index (χ1n) is 7.39. The number of carbonyl (C=O) groups excluding carboxylic acids is 1. The molecule has 0 spiro atoms. The number of aromatic nitrogens is 2.